The molecule has 2 aromatic rings. The van der Waals surface area contributed by atoms with Crippen molar-refractivity contribution in [3.63, 3.8) is 0 Å². The van der Waals surface area contributed by atoms with Crippen LogP contribution in [0, 0.1) is 0 Å². The maximum atomic E-state index is 12.4. The second-order valence-corrected chi connectivity index (χ2v) is 6.02. The zero-order valence-electron chi connectivity index (χ0n) is 13.5. The van der Waals surface area contributed by atoms with E-state index in [-0.39, 0.29) is 12.3 Å². The van der Waals surface area contributed by atoms with Crippen LogP contribution in [-0.4, -0.2) is 41.7 Å². The number of carbonyl (C=O) groups excluding carboxylic acids is 1. The van der Waals surface area contributed by atoms with Crippen LogP contribution in [0.1, 0.15) is 26.3 Å². The van der Waals surface area contributed by atoms with E-state index < -0.39 is 5.60 Å². The first-order valence-electron chi connectivity index (χ1n) is 7.38. The molecule has 1 amide bonds. The molecule has 0 unspecified atom stereocenters. The lowest BCUT2D eigenvalue weighted by molar-refractivity contribution is -0.133. The normalized spacial score (nSPS) is 11.7. The van der Waals surface area contributed by atoms with Gasteiger partial charge >= 0.3 is 0 Å². The minimum absolute atomic E-state index is 0.0249. The third-order valence-corrected chi connectivity index (χ3v) is 3.52. The number of amides is 1. The van der Waals surface area contributed by atoms with Crippen molar-refractivity contribution in [3.8, 4) is 5.75 Å². The summed E-state index contributed by atoms with van der Waals surface area (Å²) in [6.07, 6.45) is 1.86. The molecule has 1 heterocycles. The second kappa shape index (κ2) is 6.40. The van der Waals surface area contributed by atoms with Gasteiger partial charge in [0.05, 0.1) is 25.4 Å². The molecule has 0 spiro atoms. The Morgan fingerprint density at radius 3 is 2.73 bits per heavy atom. The highest BCUT2D eigenvalue weighted by atomic mass is 16.5. The molecule has 0 bridgehead atoms. The molecule has 0 aliphatic rings. The molecule has 0 saturated carbocycles. The van der Waals surface area contributed by atoms with E-state index in [1.54, 1.807) is 38.2 Å². The monoisotopic (exact) mass is 305 g/mol. The summed E-state index contributed by atoms with van der Waals surface area (Å²) in [5, 5.41) is 10.8. The molecule has 1 N–H and O–H groups in total. The predicted octanol–water partition coefficient (Wildman–Crippen LogP) is 2.60. The Bertz CT molecular complexity index is 654. The third kappa shape index (κ3) is 3.80. The van der Waals surface area contributed by atoms with Crippen LogP contribution in [0.4, 0.5) is 0 Å². The Kier molecular flexibility index (Phi) is 4.76. The van der Waals surface area contributed by atoms with Crippen molar-refractivity contribution in [2.75, 3.05) is 20.2 Å². The molecule has 1 aromatic heterocycles. The molecular weight excluding hydrogens is 282 g/mol. The molecule has 0 atom stereocenters. The molecule has 120 valence electrons. The van der Waals surface area contributed by atoms with Gasteiger partial charge in [-0.05, 0) is 32.9 Å². The van der Waals surface area contributed by atoms with Crippen molar-refractivity contribution in [2.24, 2.45) is 0 Å². The van der Waals surface area contributed by atoms with E-state index in [9.17, 15) is 9.90 Å². The summed E-state index contributed by atoms with van der Waals surface area (Å²) in [4.78, 5) is 14.1. The SMILES string of the molecule is CCN(CC(C)(C)O)C(=O)Cc1coc2cc(OC)ccc12. The van der Waals surface area contributed by atoms with Crippen LogP contribution >= 0.6 is 0 Å². The lowest BCUT2D eigenvalue weighted by Gasteiger charge is -2.28. The van der Waals surface area contributed by atoms with Crippen molar-refractivity contribution >= 4 is 16.9 Å². The van der Waals surface area contributed by atoms with E-state index in [0.29, 0.717) is 18.7 Å². The highest BCUT2D eigenvalue weighted by Crippen LogP contribution is 2.26. The van der Waals surface area contributed by atoms with E-state index in [4.69, 9.17) is 9.15 Å². The number of rotatable bonds is 6. The largest absolute Gasteiger partial charge is 0.497 e. The number of carbonyl (C=O) groups is 1. The highest BCUT2D eigenvalue weighted by Gasteiger charge is 2.22. The maximum absolute atomic E-state index is 12.4. The first kappa shape index (κ1) is 16.4. The minimum atomic E-state index is -0.905. The van der Waals surface area contributed by atoms with Crippen molar-refractivity contribution < 1.29 is 19.1 Å². The van der Waals surface area contributed by atoms with E-state index >= 15 is 0 Å². The van der Waals surface area contributed by atoms with Crippen LogP contribution < -0.4 is 4.74 Å². The van der Waals surface area contributed by atoms with E-state index in [2.05, 4.69) is 0 Å². The molecule has 0 aliphatic heterocycles. The van der Waals surface area contributed by atoms with Crippen molar-refractivity contribution in [2.45, 2.75) is 32.8 Å². The molecule has 5 nitrogen and oxygen atoms in total. The van der Waals surface area contributed by atoms with E-state index in [1.807, 2.05) is 19.1 Å². The van der Waals surface area contributed by atoms with Crippen LogP contribution in [0.15, 0.2) is 28.9 Å². The number of fused-ring (bicyclic) bond motifs is 1. The average Bonchev–Trinajstić information content (AvgIpc) is 2.85. The number of furan rings is 1. The summed E-state index contributed by atoms with van der Waals surface area (Å²) >= 11 is 0. The van der Waals surface area contributed by atoms with Crippen molar-refractivity contribution in [1.29, 1.82) is 0 Å². The van der Waals surface area contributed by atoms with Gasteiger partial charge in [-0.3, -0.25) is 4.79 Å². The summed E-state index contributed by atoms with van der Waals surface area (Å²) in [6.45, 7) is 6.17. The molecule has 0 radical (unpaired) electrons. The maximum Gasteiger partial charge on any atom is 0.227 e. The van der Waals surface area contributed by atoms with Crippen LogP contribution in [0.2, 0.25) is 0 Å². The van der Waals surface area contributed by atoms with Crippen LogP contribution in [0.3, 0.4) is 0 Å². The summed E-state index contributed by atoms with van der Waals surface area (Å²) in [6, 6.07) is 5.55. The third-order valence-electron chi connectivity index (χ3n) is 3.52. The number of aliphatic hydroxyl groups is 1. The van der Waals surface area contributed by atoms with Gasteiger partial charge in [0.1, 0.15) is 11.3 Å². The molecule has 2 rings (SSSR count). The van der Waals surface area contributed by atoms with Gasteiger partial charge in [0.15, 0.2) is 0 Å². The van der Waals surface area contributed by atoms with Gasteiger partial charge in [-0.2, -0.15) is 0 Å². The average molecular weight is 305 g/mol. The fourth-order valence-corrected chi connectivity index (χ4v) is 2.45. The Morgan fingerprint density at radius 2 is 2.14 bits per heavy atom. The lowest BCUT2D eigenvalue weighted by atomic mass is 10.1. The van der Waals surface area contributed by atoms with Gasteiger partial charge in [-0.1, -0.05) is 0 Å². The van der Waals surface area contributed by atoms with Crippen LogP contribution in [-0.2, 0) is 11.2 Å². The first-order chi connectivity index (χ1) is 10.3. The van der Waals surface area contributed by atoms with Gasteiger partial charge in [0, 0.05) is 30.1 Å². The second-order valence-electron chi connectivity index (χ2n) is 6.02. The Morgan fingerprint density at radius 1 is 1.41 bits per heavy atom. The van der Waals surface area contributed by atoms with E-state index in [0.717, 1.165) is 16.7 Å². The Balaban J connectivity index is 2.17. The quantitative estimate of drug-likeness (QED) is 0.891. The number of hydrogen-bond donors (Lipinski definition) is 1. The van der Waals surface area contributed by atoms with Crippen LogP contribution in [0.5, 0.6) is 5.75 Å². The molecular formula is C17H23NO4. The zero-order valence-corrected chi connectivity index (χ0v) is 13.5. The van der Waals surface area contributed by atoms with Gasteiger partial charge in [0.25, 0.3) is 0 Å². The number of nitrogens with zero attached hydrogens (tertiary/aromatic N) is 1. The summed E-state index contributed by atoms with van der Waals surface area (Å²) in [7, 11) is 1.60. The van der Waals surface area contributed by atoms with Crippen molar-refractivity contribution in [3.05, 3.63) is 30.0 Å². The number of likely N-dealkylation sites (N-methyl/N-ethyl adjacent to an activating group) is 1. The number of methoxy groups -OCH3 is 1. The van der Waals surface area contributed by atoms with E-state index in [1.165, 1.54) is 0 Å². The zero-order chi connectivity index (χ0) is 16.3. The standard InChI is InChI=1S/C17H23NO4/c1-5-18(11-17(2,3)20)16(19)8-12-10-22-15-9-13(21-4)6-7-14(12)15/h6-7,9-10,20H,5,8,11H2,1-4H3. The molecule has 0 aliphatic carbocycles. The lowest BCUT2D eigenvalue weighted by Crippen LogP contribution is -2.42. The smallest absolute Gasteiger partial charge is 0.227 e. The first-order valence-corrected chi connectivity index (χ1v) is 7.38. The van der Waals surface area contributed by atoms with Gasteiger partial charge in [-0.25, -0.2) is 0 Å². The predicted molar refractivity (Wildman–Crippen MR) is 85.0 cm³/mol. The minimum Gasteiger partial charge on any atom is -0.497 e. The molecule has 0 saturated heterocycles. The van der Waals surface area contributed by atoms with Gasteiger partial charge in [-0.15, -0.1) is 0 Å². The van der Waals surface area contributed by atoms with Crippen molar-refractivity contribution in [1.82, 2.24) is 4.90 Å². The highest BCUT2D eigenvalue weighted by molar-refractivity contribution is 5.88. The topological polar surface area (TPSA) is 62.9 Å². The number of benzene rings is 1. The summed E-state index contributed by atoms with van der Waals surface area (Å²) in [5.74, 6) is 0.695. The Hall–Kier alpha value is -2.01. The number of ether oxygens (including phenoxy) is 1. The van der Waals surface area contributed by atoms with Crippen LogP contribution in [0.25, 0.3) is 11.0 Å². The fraction of sp³-hybridized carbons (Fsp3) is 0.471. The molecule has 0 fully saturated rings. The Labute approximate surface area is 130 Å². The fourth-order valence-electron chi connectivity index (χ4n) is 2.45. The summed E-state index contributed by atoms with van der Waals surface area (Å²) in [5.41, 5.74) is 0.641. The molecule has 22 heavy (non-hydrogen) atoms. The van der Waals surface area contributed by atoms with Gasteiger partial charge < -0.3 is 19.2 Å². The van der Waals surface area contributed by atoms with Gasteiger partial charge in [0.2, 0.25) is 5.91 Å². The summed E-state index contributed by atoms with van der Waals surface area (Å²) < 4.78 is 10.7. The number of hydrogen-bond acceptors (Lipinski definition) is 4. The molecule has 1 aromatic carbocycles. The molecule has 5 heteroatoms.